The fourth-order valence-electron chi connectivity index (χ4n) is 3.09. The zero-order valence-corrected chi connectivity index (χ0v) is 18.0. The molecule has 0 radical (unpaired) electrons. The van der Waals surface area contributed by atoms with Crippen molar-refractivity contribution < 1.29 is 19.4 Å². The summed E-state index contributed by atoms with van der Waals surface area (Å²) in [6.45, 7) is 2.90. The standard InChI is InChI=1S/C25H29N3O4/c29-22-11-6-20-8-13-25(31)27-16-2-1-14-26-15-3-17-28-24(30)12-7-19-4-9-21(10-5-19)32-23(22)18-20/h4-13,18,26,29H,1-3,14-17H2,(H,27,31)(H,28,30)/b12-7+,13-8-. The predicted octanol–water partition coefficient (Wildman–Crippen LogP) is 3.22. The number of hydrogen-bond donors (Lipinski definition) is 4. The molecule has 0 aromatic heterocycles. The first kappa shape index (κ1) is 23.1. The normalized spacial score (nSPS) is 18.5. The Hall–Kier alpha value is -3.58. The van der Waals surface area contributed by atoms with Crippen LogP contribution in [0.4, 0.5) is 0 Å². The Balaban J connectivity index is 1.72. The summed E-state index contributed by atoms with van der Waals surface area (Å²) >= 11 is 0. The van der Waals surface area contributed by atoms with Crippen molar-refractivity contribution in [2.24, 2.45) is 0 Å². The van der Waals surface area contributed by atoms with Gasteiger partial charge in [0.05, 0.1) is 0 Å². The van der Waals surface area contributed by atoms with Crippen molar-refractivity contribution in [3.05, 3.63) is 65.7 Å². The SMILES string of the molecule is O=C1/C=C\c2ccc(O)c(c2)Oc2ccc(cc2)/C=C/C(=O)NCCCNCCCCN1. The summed E-state index contributed by atoms with van der Waals surface area (Å²) < 4.78 is 5.79. The van der Waals surface area contributed by atoms with Gasteiger partial charge >= 0.3 is 0 Å². The van der Waals surface area contributed by atoms with Gasteiger partial charge in [-0.1, -0.05) is 18.2 Å². The quantitative estimate of drug-likeness (QED) is 0.509. The lowest BCUT2D eigenvalue weighted by molar-refractivity contribution is -0.117. The van der Waals surface area contributed by atoms with E-state index < -0.39 is 0 Å². The molecule has 7 nitrogen and oxygen atoms in total. The number of amides is 2. The largest absolute Gasteiger partial charge is 0.504 e. The molecule has 4 bridgehead atoms. The minimum Gasteiger partial charge on any atom is -0.504 e. The Labute approximate surface area is 188 Å². The molecule has 2 heterocycles. The number of phenols is 1. The minimum atomic E-state index is -0.164. The van der Waals surface area contributed by atoms with Crippen molar-refractivity contribution in [2.75, 3.05) is 26.2 Å². The molecular formula is C25H29N3O4. The molecule has 2 aromatic carbocycles. The van der Waals surface area contributed by atoms with E-state index in [0.717, 1.165) is 43.5 Å². The van der Waals surface area contributed by atoms with E-state index in [4.69, 9.17) is 4.74 Å². The second kappa shape index (κ2) is 12.3. The minimum absolute atomic E-state index is 0.00212. The van der Waals surface area contributed by atoms with E-state index in [0.29, 0.717) is 18.8 Å². The third kappa shape index (κ3) is 7.92. The van der Waals surface area contributed by atoms with Gasteiger partial charge in [0, 0.05) is 25.2 Å². The van der Waals surface area contributed by atoms with E-state index in [1.54, 1.807) is 36.4 Å². The molecule has 4 rings (SSSR count). The van der Waals surface area contributed by atoms with Gasteiger partial charge in [0.2, 0.25) is 11.8 Å². The van der Waals surface area contributed by atoms with Crippen LogP contribution in [0.5, 0.6) is 17.2 Å². The van der Waals surface area contributed by atoms with Crippen LogP contribution in [0.15, 0.2) is 54.6 Å². The van der Waals surface area contributed by atoms with E-state index in [1.807, 2.05) is 12.1 Å². The van der Waals surface area contributed by atoms with Crippen LogP contribution in [-0.2, 0) is 9.59 Å². The summed E-state index contributed by atoms with van der Waals surface area (Å²) in [7, 11) is 0. The second-order valence-corrected chi connectivity index (χ2v) is 7.46. The lowest BCUT2D eigenvalue weighted by Gasteiger charge is -2.09. The number of carbonyl (C=O) groups is 2. The highest BCUT2D eigenvalue weighted by atomic mass is 16.5. The average Bonchev–Trinajstić information content (AvgIpc) is 2.79. The van der Waals surface area contributed by atoms with E-state index in [1.165, 1.54) is 18.2 Å². The molecule has 0 unspecified atom stereocenters. The molecule has 2 aromatic rings. The monoisotopic (exact) mass is 435 g/mol. The molecule has 0 saturated carbocycles. The Morgan fingerprint density at radius 2 is 1.28 bits per heavy atom. The summed E-state index contributed by atoms with van der Waals surface area (Å²) in [5, 5.41) is 19.2. The Morgan fingerprint density at radius 3 is 2.03 bits per heavy atom. The molecule has 4 N–H and O–H groups in total. The van der Waals surface area contributed by atoms with Crippen LogP contribution in [0.25, 0.3) is 12.2 Å². The van der Waals surface area contributed by atoms with Gasteiger partial charge in [-0.3, -0.25) is 9.59 Å². The highest BCUT2D eigenvalue weighted by Crippen LogP contribution is 2.32. The van der Waals surface area contributed by atoms with Crippen molar-refractivity contribution in [3.63, 3.8) is 0 Å². The van der Waals surface area contributed by atoms with Crippen LogP contribution in [0.3, 0.4) is 0 Å². The van der Waals surface area contributed by atoms with Crippen LogP contribution in [-0.4, -0.2) is 43.1 Å². The number of rotatable bonds is 0. The highest BCUT2D eigenvalue weighted by Gasteiger charge is 2.06. The van der Waals surface area contributed by atoms with Gasteiger partial charge in [-0.15, -0.1) is 0 Å². The maximum atomic E-state index is 12.0. The highest BCUT2D eigenvalue weighted by molar-refractivity contribution is 5.92. The molecule has 7 heteroatoms. The van der Waals surface area contributed by atoms with E-state index >= 15 is 0 Å². The van der Waals surface area contributed by atoms with Crippen molar-refractivity contribution >= 4 is 24.0 Å². The summed E-state index contributed by atoms with van der Waals surface area (Å²) in [5.74, 6) is 0.537. The van der Waals surface area contributed by atoms with Crippen molar-refractivity contribution in [1.29, 1.82) is 0 Å². The summed E-state index contributed by atoms with van der Waals surface area (Å²) in [6, 6.07) is 12.1. The van der Waals surface area contributed by atoms with E-state index in [-0.39, 0.29) is 23.3 Å². The molecular weight excluding hydrogens is 406 g/mol. The number of fused-ring (bicyclic) bond motifs is 15. The van der Waals surface area contributed by atoms with Gasteiger partial charge in [0.25, 0.3) is 0 Å². The number of hydrogen-bond acceptors (Lipinski definition) is 5. The van der Waals surface area contributed by atoms with Gasteiger partial charge in [0.15, 0.2) is 11.5 Å². The molecule has 0 saturated heterocycles. The predicted molar refractivity (Wildman–Crippen MR) is 125 cm³/mol. The number of ether oxygens (including phenoxy) is 1. The zero-order chi connectivity index (χ0) is 22.6. The van der Waals surface area contributed by atoms with Crippen molar-refractivity contribution in [2.45, 2.75) is 19.3 Å². The third-order valence-electron chi connectivity index (χ3n) is 4.86. The van der Waals surface area contributed by atoms with Gasteiger partial charge in [-0.25, -0.2) is 0 Å². The first-order valence-corrected chi connectivity index (χ1v) is 10.8. The number of benzene rings is 2. The molecule has 2 aliphatic rings. The lowest BCUT2D eigenvalue weighted by Crippen LogP contribution is -2.27. The Bertz CT molecular complexity index is 968. The van der Waals surface area contributed by atoms with Crippen LogP contribution >= 0.6 is 0 Å². The number of nitrogens with one attached hydrogen (secondary N) is 3. The van der Waals surface area contributed by atoms with E-state index in [9.17, 15) is 14.7 Å². The molecule has 2 amide bonds. The van der Waals surface area contributed by atoms with Crippen LogP contribution in [0.2, 0.25) is 0 Å². The van der Waals surface area contributed by atoms with E-state index in [2.05, 4.69) is 16.0 Å². The first-order valence-electron chi connectivity index (χ1n) is 10.8. The molecule has 0 fully saturated rings. The molecule has 2 aliphatic heterocycles. The smallest absolute Gasteiger partial charge is 0.243 e. The van der Waals surface area contributed by atoms with Gasteiger partial charge in [-0.05, 0) is 79.9 Å². The van der Waals surface area contributed by atoms with Crippen molar-refractivity contribution in [1.82, 2.24) is 16.0 Å². The van der Waals surface area contributed by atoms with Crippen LogP contribution in [0, 0.1) is 0 Å². The van der Waals surface area contributed by atoms with Gasteiger partial charge in [0.1, 0.15) is 5.75 Å². The number of carbonyl (C=O) groups excluding carboxylic acids is 2. The topological polar surface area (TPSA) is 99.7 Å². The average molecular weight is 436 g/mol. The lowest BCUT2D eigenvalue weighted by atomic mass is 10.1. The first-order chi connectivity index (χ1) is 15.6. The van der Waals surface area contributed by atoms with Crippen molar-refractivity contribution in [3.8, 4) is 17.2 Å². The molecule has 0 spiro atoms. The number of phenolic OH excluding ortho intramolecular Hbond substituents is 1. The summed E-state index contributed by atoms with van der Waals surface area (Å²) in [5.41, 5.74) is 1.59. The van der Waals surface area contributed by atoms with Crippen LogP contribution in [0.1, 0.15) is 30.4 Å². The number of aromatic hydroxyl groups is 1. The fourth-order valence-corrected chi connectivity index (χ4v) is 3.09. The Morgan fingerprint density at radius 1 is 0.688 bits per heavy atom. The maximum Gasteiger partial charge on any atom is 0.243 e. The molecule has 0 atom stereocenters. The molecule has 32 heavy (non-hydrogen) atoms. The summed E-state index contributed by atoms with van der Waals surface area (Å²) in [4.78, 5) is 24.0. The van der Waals surface area contributed by atoms with Gasteiger partial charge in [-0.2, -0.15) is 0 Å². The summed E-state index contributed by atoms with van der Waals surface area (Å²) in [6.07, 6.45) is 9.09. The van der Waals surface area contributed by atoms with Gasteiger partial charge < -0.3 is 25.8 Å². The van der Waals surface area contributed by atoms with Crippen LogP contribution < -0.4 is 20.7 Å². The fraction of sp³-hybridized carbons (Fsp3) is 0.280. The maximum absolute atomic E-state index is 12.0. The third-order valence-corrected chi connectivity index (χ3v) is 4.86. The molecule has 168 valence electrons. The molecule has 0 aliphatic carbocycles. The zero-order valence-electron chi connectivity index (χ0n) is 18.0. The Kier molecular flexibility index (Phi) is 8.89. The second-order valence-electron chi connectivity index (χ2n) is 7.46.